The molecule has 2 N–H and O–H groups in total. The minimum absolute atomic E-state index is 0.246. The van der Waals surface area contributed by atoms with Crippen LogP contribution in [0.15, 0.2) is 48.5 Å². The molecule has 2 aromatic rings. The van der Waals surface area contributed by atoms with Crippen molar-refractivity contribution in [1.82, 2.24) is 5.32 Å². The predicted molar refractivity (Wildman–Crippen MR) is 75.2 cm³/mol. The summed E-state index contributed by atoms with van der Waals surface area (Å²) in [5, 5.41) is 12.3. The Morgan fingerprint density at radius 1 is 1.10 bits per heavy atom. The van der Waals surface area contributed by atoms with Crippen molar-refractivity contribution in [1.29, 1.82) is 0 Å². The highest BCUT2D eigenvalue weighted by Gasteiger charge is 2.07. The molecule has 4 heteroatoms. The summed E-state index contributed by atoms with van der Waals surface area (Å²) in [5.74, 6) is -1.15. The average molecular weight is 273 g/mol. The fourth-order valence-corrected chi connectivity index (χ4v) is 2.00. The summed E-state index contributed by atoms with van der Waals surface area (Å²) in [6.07, 6.45) is 0.643. The molecule has 0 fully saturated rings. The Balaban J connectivity index is 1.84. The van der Waals surface area contributed by atoms with E-state index in [1.54, 1.807) is 24.3 Å². The summed E-state index contributed by atoms with van der Waals surface area (Å²) in [7, 11) is 0. The van der Waals surface area contributed by atoms with E-state index in [1.807, 2.05) is 12.1 Å². The molecule has 20 heavy (non-hydrogen) atoms. The minimum Gasteiger partial charge on any atom is -0.478 e. The Morgan fingerprint density at radius 3 is 2.50 bits per heavy atom. The maximum Gasteiger partial charge on any atom is 0.335 e. The molecule has 0 saturated heterocycles. The van der Waals surface area contributed by atoms with Crippen molar-refractivity contribution in [2.24, 2.45) is 0 Å². The molecule has 0 aliphatic heterocycles. The zero-order chi connectivity index (χ0) is 14.4. The largest absolute Gasteiger partial charge is 0.478 e. The van der Waals surface area contributed by atoms with Gasteiger partial charge in [-0.05, 0) is 42.3 Å². The molecular formula is C16H16FNO2. The SMILES string of the molecule is O=C(O)c1ccccc1CCNCc1ccc(F)cc1. The highest BCUT2D eigenvalue weighted by atomic mass is 19.1. The standard InChI is InChI=1S/C16H16FNO2/c17-14-7-5-12(6-8-14)11-18-10-9-13-3-1-2-4-15(13)16(19)20/h1-8,18H,9-11H2,(H,19,20). The molecule has 3 nitrogen and oxygen atoms in total. The van der Waals surface area contributed by atoms with Crippen LogP contribution in [0.25, 0.3) is 0 Å². The molecule has 0 bridgehead atoms. The van der Waals surface area contributed by atoms with Crippen LogP contribution in [0.3, 0.4) is 0 Å². The quantitative estimate of drug-likeness (QED) is 0.796. The molecule has 2 aromatic carbocycles. The Morgan fingerprint density at radius 2 is 1.80 bits per heavy atom. The second-order valence-electron chi connectivity index (χ2n) is 4.52. The second-order valence-corrected chi connectivity index (χ2v) is 4.52. The first-order valence-corrected chi connectivity index (χ1v) is 6.43. The number of aromatic carboxylic acids is 1. The summed E-state index contributed by atoms with van der Waals surface area (Å²) in [6.45, 7) is 1.30. The van der Waals surface area contributed by atoms with Crippen LogP contribution >= 0.6 is 0 Å². The van der Waals surface area contributed by atoms with Gasteiger partial charge in [-0.3, -0.25) is 0 Å². The van der Waals surface area contributed by atoms with E-state index in [2.05, 4.69) is 5.32 Å². The van der Waals surface area contributed by atoms with Gasteiger partial charge in [-0.1, -0.05) is 30.3 Å². The van der Waals surface area contributed by atoms with Crippen molar-refractivity contribution in [2.75, 3.05) is 6.54 Å². The van der Waals surface area contributed by atoms with Gasteiger partial charge in [0.1, 0.15) is 5.82 Å². The van der Waals surface area contributed by atoms with Crippen molar-refractivity contribution in [3.63, 3.8) is 0 Å². The minimum atomic E-state index is -0.904. The number of hydrogen-bond donors (Lipinski definition) is 2. The first kappa shape index (κ1) is 14.2. The van der Waals surface area contributed by atoms with Crippen LogP contribution in [0.5, 0.6) is 0 Å². The summed E-state index contributed by atoms with van der Waals surface area (Å²) in [4.78, 5) is 11.1. The maximum atomic E-state index is 12.7. The van der Waals surface area contributed by atoms with E-state index >= 15 is 0 Å². The third-order valence-electron chi connectivity index (χ3n) is 3.06. The Bertz CT molecular complexity index is 581. The van der Waals surface area contributed by atoms with Crippen LogP contribution in [-0.2, 0) is 13.0 Å². The van der Waals surface area contributed by atoms with Crippen LogP contribution in [-0.4, -0.2) is 17.6 Å². The van der Waals surface area contributed by atoms with Gasteiger partial charge in [0.05, 0.1) is 5.56 Å². The van der Waals surface area contributed by atoms with E-state index in [0.717, 1.165) is 11.1 Å². The smallest absolute Gasteiger partial charge is 0.335 e. The van der Waals surface area contributed by atoms with E-state index in [0.29, 0.717) is 25.1 Å². The number of benzene rings is 2. The summed E-state index contributed by atoms with van der Waals surface area (Å²) < 4.78 is 12.7. The Labute approximate surface area is 117 Å². The number of halogens is 1. The van der Waals surface area contributed by atoms with Gasteiger partial charge in [-0.15, -0.1) is 0 Å². The molecule has 0 spiro atoms. The summed E-state index contributed by atoms with van der Waals surface area (Å²) >= 11 is 0. The van der Waals surface area contributed by atoms with Crippen LogP contribution in [0.1, 0.15) is 21.5 Å². The molecule has 0 heterocycles. The van der Waals surface area contributed by atoms with E-state index in [1.165, 1.54) is 12.1 Å². The van der Waals surface area contributed by atoms with E-state index < -0.39 is 5.97 Å². The van der Waals surface area contributed by atoms with Gasteiger partial charge in [-0.25, -0.2) is 9.18 Å². The van der Waals surface area contributed by atoms with Gasteiger partial charge < -0.3 is 10.4 Å². The number of carbonyl (C=O) groups is 1. The topological polar surface area (TPSA) is 49.3 Å². The third kappa shape index (κ3) is 3.90. The van der Waals surface area contributed by atoms with Gasteiger partial charge >= 0.3 is 5.97 Å². The predicted octanol–water partition coefficient (Wildman–Crippen LogP) is 2.86. The normalized spacial score (nSPS) is 10.4. The molecule has 0 unspecified atom stereocenters. The molecule has 104 valence electrons. The van der Waals surface area contributed by atoms with Crippen molar-refractivity contribution in [3.05, 3.63) is 71.0 Å². The molecule has 0 aliphatic rings. The van der Waals surface area contributed by atoms with Crippen molar-refractivity contribution < 1.29 is 14.3 Å². The fourth-order valence-electron chi connectivity index (χ4n) is 2.00. The number of hydrogen-bond acceptors (Lipinski definition) is 2. The molecule has 0 saturated carbocycles. The number of carboxylic acids is 1. The number of rotatable bonds is 6. The molecular weight excluding hydrogens is 257 g/mol. The summed E-state index contributed by atoms with van der Waals surface area (Å²) in [5.41, 5.74) is 2.15. The molecule has 0 aromatic heterocycles. The van der Waals surface area contributed by atoms with Gasteiger partial charge in [-0.2, -0.15) is 0 Å². The van der Waals surface area contributed by atoms with Gasteiger partial charge in [0.25, 0.3) is 0 Å². The first-order chi connectivity index (χ1) is 9.66. The zero-order valence-electron chi connectivity index (χ0n) is 11.0. The van der Waals surface area contributed by atoms with Gasteiger partial charge in [0.15, 0.2) is 0 Å². The van der Waals surface area contributed by atoms with Crippen LogP contribution in [0.4, 0.5) is 4.39 Å². The van der Waals surface area contributed by atoms with E-state index in [9.17, 15) is 9.18 Å². The lowest BCUT2D eigenvalue weighted by Crippen LogP contribution is -2.17. The van der Waals surface area contributed by atoms with Gasteiger partial charge in [0.2, 0.25) is 0 Å². The highest BCUT2D eigenvalue weighted by Crippen LogP contribution is 2.09. The first-order valence-electron chi connectivity index (χ1n) is 6.43. The van der Waals surface area contributed by atoms with Crippen LogP contribution in [0, 0.1) is 5.82 Å². The lowest BCUT2D eigenvalue weighted by Gasteiger charge is -2.07. The second kappa shape index (κ2) is 6.82. The molecule has 0 atom stereocenters. The molecule has 2 rings (SSSR count). The molecule has 0 radical (unpaired) electrons. The Hall–Kier alpha value is -2.20. The van der Waals surface area contributed by atoms with Crippen LogP contribution in [0.2, 0.25) is 0 Å². The number of carboxylic acid groups (broad SMARTS) is 1. The average Bonchev–Trinajstić information content (AvgIpc) is 2.46. The van der Waals surface area contributed by atoms with Crippen molar-refractivity contribution in [2.45, 2.75) is 13.0 Å². The van der Waals surface area contributed by atoms with Crippen LogP contribution < -0.4 is 5.32 Å². The number of nitrogens with one attached hydrogen (secondary N) is 1. The van der Waals surface area contributed by atoms with Crippen molar-refractivity contribution >= 4 is 5.97 Å². The monoisotopic (exact) mass is 273 g/mol. The molecule has 0 aliphatic carbocycles. The van der Waals surface area contributed by atoms with E-state index in [4.69, 9.17) is 5.11 Å². The van der Waals surface area contributed by atoms with Gasteiger partial charge in [0, 0.05) is 6.54 Å². The highest BCUT2D eigenvalue weighted by molar-refractivity contribution is 5.89. The summed E-state index contributed by atoms with van der Waals surface area (Å²) in [6, 6.07) is 13.3. The lowest BCUT2D eigenvalue weighted by atomic mass is 10.0. The zero-order valence-corrected chi connectivity index (χ0v) is 11.0. The fraction of sp³-hybridized carbons (Fsp3) is 0.188. The Kier molecular flexibility index (Phi) is 4.85. The molecule has 0 amide bonds. The third-order valence-corrected chi connectivity index (χ3v) is 3.06. The van der Waals surface area contributed by atoms with E-state index in [-0.39, 0.29) is 5.82 Å². The maximum absolute atomic E-state index is 12.7. The van der Waals surface area contributed by atoms with Crippen molar-refractivity contribution in [3.8, 4) is 0 Å². The lowest BCUT2D eigenvalue weighted by molar-refractivity contribution is 0.0695.